The summed E-state index contributed by atoms with van der Waals surface area (Å²) in [6.45, 7) is 10.4. The van der Waals surface area contributed by atoms with Crippen LogP contribution in [0.15, 0.2) is 0 Å². The second-order valence-electron chi connectivity index (χ2n) is 6.60. The second kappa shape index (κ2) is 4.94. The lowest BCUT2D eigenvalue weighted by Gasteiger charge is -2.38. The average molecular weight is 264 g/mol. The Bertz CT molecular complexity index is 450. The zero-order valence-electron chi connectivity index (χ0n) is 12.5. The van der Waals surface area contributed by atoms with Crippen LogP contribution in [0.5, 0.6) is 0 Å². The number of piperidine rings is 1. The first kappa shape index (κ1) is 14.0. The van der Waals surface area contributed by atoms with Crippen molar-refractivity contribution in [1.29, 1.82) is 0 Å². The third kappa shape index (κ3) is 2.80. The molecule has 1 saturated heterocycles. The van der Waals surface area contributed by atoms with Gasteiger partial charge in [0.25, 0.3) is 5.91 Å². The van der Waals surface area contributed by atoms with Crippen LogP contribution in [0.2, 0.25) is 0 Å². The molecule has 0 aliphatic carbocycles. The molecule has 0 aromatic carbocycles. The van der Waals surface area contributed by atoms with Crippen LogP contribution in [-0.2, 0) is 5.41 Å². The van der Waals surface area contributed by atoms with Crippen molar-refractivity contribution < 1.29 is 4.79 Å². The lowest BCUT2D eigenvalue weighted by Crippen LogP contribution is -2.47. The quantitative estimate of drug-likeness (QED) is 0.847. The van der Waals surface area contributed by atoms with Gasteiger partial charge in [-0.1, -0.05) is 20.8 Å². The van der Waals surface area contributed by atoms with Gasteiger partial charge in [0.05, 0.1) is 0 Å². The monoisotopic (exact) mass is 264 g/mol. The van der Waals surface area contributed by atoms with E-state index in [4.69, 9.17) is 0 Å². The van der Waals surface area contributed by atoms with Crippen LogP contribution >= 0.6 is 0 Å². The van der Waals surface area contributed by atoms with E-state index in [0.717, 1.165) is 18.7 Å². The van der Waals surface area contributed by atoms with Gasteiger partial charge in [-0.2, -0.15) is 0 Å². The number of nitrogens with one attached hydrogen (secondary N) is 1. The molecule has 0 saturated carbocycles. The summed E-state index contributed by atoms with van der Waals surface area (Å²) in [5.41, 5.74) is -0.120. The van der Waals surface area contributed by atoms with Gasteiger partial charge in [0.15, 0.2) is 0 Å². The standard InChI is InChI=1S/C14H24N4O/c1-9-7-6-8-10(2)18(9)12(19)11-15-13(17-16-11)14(3,4)5/h9-10H,6-8H2,1-5H3,(H,15,16,17). The van der Waals surface area contributed by atoms with Crippen molar-refractivity contribution in [3.63, 3.8) is 0 Å². The maximum Gasteiger partial charge on any atom is 0.294 e. The Morgan fingerprint density at radius 3 is 2.32 bits per heavy atom. The molecule has 2 atom stereocenters. The van der Waals surface area contributed by atoms with Gasteiger partial charge in [-0.3, -0.25) is 9.89 Å². The molecule has 106 valence electrons. The maximum atomic E-state index is 12.5. The molecule has 1 N–H and O–H groups in total. The van der Waals surface area contributed by atoms with E-state index in [-0.39, 0.29) is 23.4 Å². The number of likely N-dealkylation sites (tertiary alicyclic amines) is 1. The van der Waals surface area contributed by atoms with Crippen LogP contribution in [-0.4, -0.2) is 38.1 Å². The third-order valence-corrected chi connectivity index (χ3v) is 3.82. The summed E-state index contributed by atoms with van der Waals surface area (Å²) >= 11 is 0. The Hall–Kier alpha value is -1.39. The van der Waals surface area contributed by atoms with E-state index < -0.39 is 0 Å². The number of aromatic nitrogens is 3. The fourth-order valence-corrected chi connectivity index (χ4v) is 2.63. The molecule has 1 aliphatic heterocycles. The molecule has 19 heavy (non-hydrogen) atoms. The molecular formula is C14H24N4O. The number of carbonyl (C=O) groups is 1. The van der Waals surface area contributed by atoms with Crippen molar-refractivity contribution in [2.75, 3.05) is 0 Å². The Labute approximate surface area is 114 Å². The van der Waals surface area contributed by atoms with Gasteiger partial charge >= 0.3 is 0 Å². The number of amides is 1. The summed E-state index contributed by atoms with van der Waals surface area (Å²) in [5, 5.41) is 6.99. The minimum atomic E-state index is -0.120. The van der Waals surface area contributed by atoms with E-state index >= 15 is 0 Å². The molecule has 1 aliphatic rings. The molecule has 5 nitrogen and oxygen atoms in total. The van der Waals surface area contributed by atoms with Crippen LogP contribution in [0, 0.1) is 0 Å². The van der Waals surface area contributed by atoms with Crippen LogP contribution in [0.4, 0.5) is 0 Å². The van der Waals surface area contributed by atoms with Crippen molar-refractivity contribution in [2.45, 2.75) is 71.4 Å². The fourth-order valence-electron chi connectivity index (χ4n) is 2.63. The summed E-state index contributed by atoms with van der Waals surface area (Å²) in [6, 6.07) is 0.542. The lowest BCUT2D eigenvalue weighted by atomic mass is 9.96. The highest BCUT2D eigenvalue weighted by Crippen LogP contribution is 2.24. The first-order valence-electron chi connectivity index (χ1n) is 7.06. The van der Waals surface area contributed by atoms with E-state index in [2.05, 4.69) is 29.0 Å². The molecule has 1 amide bonds. The number of aromatic amines is 1. The smallest absolute Gasteiger partial charge is 0.294 e. The van der Waals surface area contributed by atoms with Crippen molar-refractivity contribution in [3.05, 3.63) is 11.6 Å². The average Bonchev–Trinajstić information content (AvgIpc) is 2.77. The summed E-state index contributed by atoms with van der Waals surface area (Å²) < 4.78 is 0. The summed E-state index contributed by atoms with van der Waals surface area (Å²) in [5.74, 6) is 1.00. The van der Waals surface area contributed by atoms with Crippen LogP contribution in [0.25, 0.3) is 0 Å². The maximum absolute atomic E-state index is 12.5. The zero-order valence-corrected chi connectivity index (χ0v) is 12.5. The summed E-state index contributed by atoms with van der Waals surface area (Å²) in [6.07, 6.45) is 3.31. The van der Waals surface area contributed by atoms with Crippen molar-refractivity contribution in [3.8, 4) is 0 Å². The molecule has 0 spiro atoms. The molecule has 1 aromatic heterocycles. The van der Waals surface area contributed by atoms with Crippen LogP contribution in [0.3, 0.4) is 0 Å². The first-order chi connectivity index (χ1) is 8.80. The molecule has 0 radical (unpaired) electrons. The third-order valence-electron chi connectivity index (χ3n) is 3.82. The van der Waals surface area contributed by atoms with Crippen molar-refractivity contribution in [2.24, 2.45) is 0 Å². The molecule has 0 bridgehead atoms. The van der Waals surface area contributed by atoms with Gasteiger partial charge in [-0.15, -0.1) is 5.10 Å². The second-order valence-corrected chi connectivity index (χ2v) is 6.60. The number of hydrogen-bond donors (Lipinski definition) is 1. The number of nitrogens with zero attached hydrogens (tertiary/aromatic N) is 3. The Kier molecular flexibility index (Phi) is 3.65. The number of rotatable bonds is 1. The number of carbonyl (C=O) groups excluding carboxylic acids is 1. The van der Waals surface area contributed by atoms with Gasteiger partial charge < -0.3 is 4.90 Å². The molecular weight excluding hydrogens is 240 g/mol. The highest BCUT2D eigenvalue weighted by molar-refractivity contribution is 5.91. The van der Waals surface area contributed by atoms with Crippen molar-refractivity contribution in [1.82, 2.24) is 20.1 Å². The Morgan fingerprint density at radius 1 is 1.26 bits per heavy atom. The topological polar surface area (TPSA) is 61.9 Å². The van der Waals surface area contributed by atoms with Gasteiger partial charge in [0, 0.05) is 17.5 Å². The number of hydrogen-bond acceptors (Lipinski definition) is 3. The Morgan fingerprint density at radius 2 is 1.84 bits per heavy atom. The molecule has 2 heterocycles. The van der Waals surface area contributed by atoms with Crippen molar-refractivity contribution >= 4 is 5.91 Å². The van der Waals surface area contributed by atoms with E-state index in [1.807, 2.05) is 25.7 Å². The molecule has 1 aromatic rings. The van der Waals surface area contributed by atoms with E-state index in [0.29, 0.717) is 5.82 Å². The van der Waals surface area contributed by atoms with Crippen LogP contribution < -0.4 is 0 Å². The van der Waals surface area contributed by atoms with Gasteiger partial charge in [-0.25, -0.2) is 4.98 Å². The fraction of sp³-hybridized carbons (Fsp3) is 0.786. The Balaban J connectivity index is 2.21. The largest absolute Gasteiger partial charge is 0.330 e. The first-order valence-corrected chi connectivity index (χ1v) is 7.06. The highest BCUT2D eigenvalue weighted by atomic mass is 16.2. The normalized spacial score (nSPS) is 24.6. The highest BCUT2D eigenvalue weighted by Gasteiger charge is 2.32. The predicted octanol–water partition coefficient (Wildman–Crippen LogP) is 2.51. The van der Waals surface area contributed by atoms with E-state index in [9.17, 15) is 4.79 Å². The number of H-pyrrole nitrogens is 1. The SMILES string of the molecule is CC1CCCC(C)N1C(=O)c1n[nH]c(C(C)(C)C)n1. The minimum Gasteiger partial charge on any atom is -0.330 e. The van der Waals surface area contributed by atoms with Gasteiger partial charge in [-0.05, 0) is 33.1 Å². The summed E-state index contributed by atoms with van der Waals surface area (Å²) in [4.78, 5) is 18.8. The van der Waals surface area contributed by atoms with Gasteiger partial charge in [0.1, 0.15) is 5.82 Å². The lowest BCUT2D eigenvalue weighted by molar-refractivity contribution is 0.0498. The van der Waals surface area contributed by atoms with Crippen LogP contribution in [0.1, 0.15) is 70.3 Å². The molecule has 1 fully saturated rings. The molecule has 2 rings (SSSR count). The minimum absolute atomic E-state index is 0.0496. The van der Waals surface area contributed by atoms with Gasteiger partial charge in [0.2, 0.25) is 5.82 Å². The predicted molar refractivity (Wildman–Crippen MR) is 74.0 cm³/mol. The zero-order chi connectivity index (χ0) is 14.2. The summed E-state index contributed by atoms with van der Waals surface area (Å²) in [7, 11) is 0. The molecule has 2 unspecified atom stereocenters. The molecule has 5 heteroatoms. The van der Waals surface area contributed by atoms with E-state index in [1.54, 1.807) is 0 Å². The van der Waals surface area contributed by atoms with E-state index in [1.165, 1.54) is 6.42 Å².